The van der Waals surface area contributed by atoms with E-state index in [4.69, 9.17) is 10.5 Å². The Bertz CT molecular complexity index is 323. The molecule has 0 fully saturated rings. The summed E-state index contributed by atoms with van der Waals surface area (Å²) < 4.78 is 41.7. The number of hydrogen-bond donors (Lipinski definition) is 1. The zero-order valence-corrected chi connectivity index (χ0v) is 7.77. The molecule has 0 amide bonds. The van der Waals surface area contributed by atoms with E-state index in [0.717, 1.165) is 12.1 Å². The number of anilines is 1. The molecule has 0 spiro atoms. The van der Waals surface area contributed by atoms with E-state index in [0.29, 0.717) is 5.56 Å². The fraction of sp³-hybridized carbons (Fsp3) is 0.333. The van der Waals surface area contributed by atoms with E-state index in [2.05, 4.69) is 0 Å². The third-order valence-electron chi connectivity index (χ3n) is 1.83. The van der Waals surface area contributed by atoms with E-state index in [1.165, 1.54) is 14.0 Å². The van der Waals surface area contributed by atoms with Crippen molar-refractivity contribution in [3.05, 3.63) is 23.3 Å². The van der Waals surface area contributed by atoms with Crippen LogP contribution in [-0.4, -0.2) is 7.11 Å². The van der Waals surface area contributed by atoms with Gasteiger partial charge in [-0.1, -0.05) is 0 Å². The molecule has 0 aliphatic heterocycles. The van der Waals surface area contributed by atoms with Gasteiger partial charge in [0.2, 0.25) is 0 Å². The van der Waals surface area contributed by atoms with Crippen LogP contribution in [0.5, 0.6) is 5.75 Å². The van der Waals surface area contributed by atoms with E-state index >= 15 is 0 Å². The molecule has 0 saturated heterocycles. The topological polar surface area (TPSA) is 35.2 Å². The van der Waals surface area contributed by atoms with Crippen LogP contribution in [0, 0.1) is 6.92 Å². The van der Waals surface area contributed by atoms with Crippen molar-refractivity contribution in [3.63, 3.8) is 0 Å². The van der Waals surface area contributed by atoms with Crippen LogP contribution < -0.4 is 10.5 Å². The Hall–Kier alpha value is -1.39. The smallest absolute Gasteiger partial charge is 0.416 e. The second-order valence-corrected chi connectivity index (χ2v) is 2.91. The fourth-order valence-corrected chi connectivity index (χ4v) is 1.24. The van der Waals surface area contributed by atoms with Gasteiger partial charge in [0.1, 0.15) is 5.75 Å². The van der Waals surface area contributed by atoms with Gasteiger partial charge in [-0.25, -0.2) is 0 Å². The van der Waals surface area contributed by atoms with E-state index < -0.39 is 11.7 Å². The third-order valence-corrected chi connectivity index (χ3v) is 1.83. The number of methoxy groups -OCH3 is 1. The lowest BCUT2D eigenvalue weighted by atomic mass is 10.1. The number of ether oxygens (including phenoxy) is 1. The number of nitrogen functional groups attached to an aromatic ring is 1. The van der Waals surface area contributed by atoms with Gasteiger partial charge in [-0.2, -0.15) is 13.2 Å². The highest BCUT2D eigenvalue weighted by Gasteiger charge is 2.31. The van der Waals surface area contributed by atoms with Gasteiger partial charge in [-0.3, -0.25) is 0 Å². The van der Waals surface area contributed by atoms with Crippen molar-refractivity contribution in [1.82, 2.24) is 0 Å². The molecule has 78 valence electrons. The number of benzene rings is 1. The Kier molecular flexibility index (Phi) is 2.59. The Morgan fingerprint density at radius 2 is 1.86 bits per heavy atom. The summed E-state index contributed by atoms with van der Waals surface area (Å²) in [5.41, 5.74) is 5.02. The van der Waals surface area contributed by atoms with Crippen molar-refractivity contribution in [2.45, 2.75) is 13.1 Å². The van der Waals surface area contributed by atoms with E-state index in [-0.39, 0.29) is 11.4 Å². The minimum atomic E-state index is -4.37. The molecule has 0 bridgehead atoms. The third kappa shape index (κ3) is 1.92. The van der Waals surface area contributed by atoms with E-state index in [1.54, 1.807) is 0 Å². The second kappa shape index (κ2) is 3.40. The van der Waals surface area contributed by atoms with Gasteiger partial charge in [-0.05, 0) is 24.6 Å². The molecule has 0 radical (unpaired) electrons. The quantitative estimate of drug-likeness (QED) is 0.715. The summed E-state index contributed by atoms with van der Waals surface area (Å²) in [4.78, 5) is 0. The number of hydrogen-bond acceptors (Lipinski definition) is 2. The molecule has 0 aliphatic carbocycles. The largest absolute Gasteiger partial charge is 0.494 e. The molecule has 0 unspecified atom stereocenters. The lowest BCUT2D eigenvalue weighted by molar-refractivity contribution is -0.137. The highest BCUT2D eigenvalue weighted by atomic mass is 19.4. The minimum Gasteiger partial charge on any atom is -0.494 e. The van der Waals surface area contributed by atoms with E-state index in [9.17, 15) is 13.2 Å². The van der Waals surface area contributed by atoms with Crippen LogP contribution in [-0.2, 0) is 6.18 Å². The monoisotopic (exact) mass is 205 g/mol. The van der Waals surface area contributed by atoms with Gasteiger partial charge in [0, 0.05) is 0 Å². The minimum absolute atomic E-state index is 0.000162. The van der Waals surface area contributed by atoms with Gasteiger partial charge >= 0.3 is 6.18 Å². The number of alkyl halides is 3. The average molecular weight is 205 g/mol. The molecular weight excluding hydrogens is 195 g/mol. The molecule has 5 heteroatoms. The lowest BCUT2D eigenvalue weighted by Gasteiger charge is -2.12. The van der Waals surface area contributed by atoms with Gasteiger partial charge in [0.15, 0.2) is 0 Å². The Balaban J connectivity index is 3.28. The first-order valence-electron chi connectivity index (χ1n) is 3.87. The van der Waals surface area contributed by atoms with Gasteiger partial charge in [0.05, 0.1) is 18.4 Å². The summed E-state index contributed by atoms with van der Waals surface area (Å²) in [7, 11) is 1.37. The van der Waals surface area contributed by atoms with Crippen LogP contribution >= 0.6 is 0 Å². The summed E-state index contributed by atoms with van der Waals surface area (Å²) in [6.45, 7) is 1.52. The normalized spacial score (nSPS) is 11.5. The first kappa shape index (κ1) is 10.7. The van der Waals surface area contributed by atoms with Crippen molar-refractivity contribution in [1.29, 1.82) is 0 Å². The fourth-order valence-electron chi connectivity index (χ4n) is 1.24. The van der Waals surface area contributed by atoms with Crippen molar-refractivity contribution in [3.8, 4) is 5.75 Å². The van der Waals surface area contributed by atoms with Crippen molar-refractivity contribution >= 4 is 5.69 Å². The molecule has 1 aromatic rings. The van der Waals surface area contributed by atoms with Gasteiger partial charge < -0.3 is 10.5 Å². The zero-order chi connectivity index (χ0) is 10.9. The number of halogens is 3. The molecule has 0 heterocycles. The maximum atomic E-state index is 12.3. The van der Waals surface area contributed by atoms with Crippen LogP contribution in [0.25, 0.3) is 0 Å². The summed E-state index contributed by atoms with van der Waals surface area (Å²) >= 11 is 0. The number of aryl methyl sites for hydroxylation is 1. The maximum absolute atomic E-state index is 12.3. The van der Waals surface area contributed by atoms with Crippen LogP contribution in [0.15, 0.2) is 12.1 Å². The lowest BCUT2D eigenvalue weighted by Crippen LogP contribution is -2.07. The Morgan fingerprint density at radius 1 is 1.29 bits per heavy atom. The summed E-state index contributed by atoms with van der Waals surface area (Å²) in [6.07, 6.45) is -4.37. The average Bonchev–Trinajstić information content (AvgIpc) is 2.01. The predicted octanol–water partition coefficient (Wildman–Crippen LogP) is 2.60. The van der Waals surface area contributed by atoms with Crippen molar-refractivity contribution < 1.29 is 17.9 Å². The predicted molar refractivity (Wildman–Crippen MR) is 47.1 cm³/mol. The molecule has 0 aromatic heterocycles. The van der Waals surface area contributed by atoms with E-state index in [1.807, 2.05) is 0 Å². The standard InChI is InChI=1S/C9H10F3NO/c1-5-3-6(9(10,11)12)4-7(13)8(5)14-2/h3-4H,13H2,1-2H3. The van der Waals surface area contributed by atoms with Crippen LogP contribution in [0.2, 0.25) is 0 Å². The van der Waals surface area contributed by atoms with Gasteiger partial charge in [0.25, 0.3) is 0 Å². The molecule has 14 heavy (non-hydrogen) atoms. The molecule has 1 rings (SSSR count). The van der Waals surface area contributed by atoms with Crippen molar-refractivity contribution in [2.75, 3.05) is 12.8 Å². The maximum Gasteiger partial charge on any atom is 0.416 e. The molecule has 1 aromatic carbocycles. The molecule has 0 saturated carbocycles. The zero-order valence-electron chi connectivity index (χ0n) is 7.77. The van der Waals surface area contributed by atoms with Crippen LogP contribution in [0.4, 0.5) is 18.9 Å². The first-order valence-corrected chi connectivity index (χ1v) is 3.87. The molecule has 2 N–H and O–H groups in total. The number of rotatable bonds is 1. The Labute approximate surface area is 79.5 Å². The highest BCUT2D eigenvalue weighted by molar-refractivity contribution is 5.58. The van der Waals surface area contributed by atoms with Crippen LogP contribution in [0.3, 0.4) is 0 Å². The SMILES string of the molecule is COc1c(C)cc(C(F)(F)F)cc1N. The number of nitrogens with two attached hydrogens (primary N) is 1. The first-order chi connectivity index (χ1) is 6.36. The summed E-state index contributed by atoms with van der Waals surface area (Å²) in [5.74, 6) is 0.290. The molecule has 0 atom stereocenters. The molecular formula is C9H10F3NO. The summed E-state index contributed by atoms with van der Waals surface area (Å²) in [6, 6.07) is 1.88. The highest BCUT2D eigenvalue weighted by Crippen LogP contribution is 2.35. The molecule has 2 nitrogen and oxygen atoms in total. The van der Waals surface area contributed by atoms with Crippen LogP contribution in [0.1, 0.15) is 11.1 Å². The Morgan fingerprint density at radius 3 is 2.21 bits per heavy atom. The second-order valence-electron chi connectivity index (χ2n) is 2.91. The van der Waals surface area contributed by atoms with Crippen molar-refractivity contribution in [2.24, 2.45) is 0 Å². The van der Waals surface area contributed by atoms with Gasteiger partial charge in [-0.15, -0.1) is 0 Å². The summed E-state index contributed by atoms with van der Waals surface area (Å²) in [5, 5.41) is 0. The molecule has 0 aliphatic rings.